The molecule has 0 saturated heterocycles. The predicted octanol–water partition coefficient (Wildman–Crippen LogP) is 6.42. The summed E-state index contributed by atoms with van der Waals surface area (Å²) in [5.41, 5.74) is 1.14. The molecule has 1 amide bonds. The lowest BCUT2D eigenvalue weighted by atomic mass is 9.46. The fourth-order valence-electron chi connectivity index (χ4n) is 8.00. The highest BCUT2D eigenvalue weighted by Gasteiger charge is 2.60. The van der Waals surface area contributed by atoms with E-state index in [1.165, 1.54) is 6.07 Å². The first-order chi connectivity index (χ1) is 18.5. The number of rotatable bonds is 7. The molecule has 7 rings (SSSR count). The van der Waals surface area contributed by atoms with Gasteiger partial charge >= 0.3 is 5.82 Å². The van der Waals surface area contributed by atoms with Crippen LogP contribution in [-0.4, -0.2) is 30.4 Å². The van der Waals surface area contributed by atoms with Gasteiger partial charge in [-0.05, 0) is 86.7 Å². The predicted molar refractivity (Wildman–Crippen MR) is 144 cm³/mol. The summed E-state index contributed by atoms with van der Waals surface area (Å²) in [5, 5.41) is 23.7. The van der Waals surface area contributed by atoms with Crippen molar-refractivity contribution < 1.29 is 14.1 Å². The van der Waals surface area contributed by atoms with Gasteiger partial charge in [-0.3, -0.25) is 9.48 Å². The molecule has 4 fully saturated rings. The number of hydrogen-bond donors (Lipinski definition) is 1. The number of carbonyl (C=O) groups is 1. The Balaban J connectivity index is 1.21. The van der Waals surface area contributed by atoms with Gasteiger partial charge in [-0.1, -0.05) is 29.3 Å². The van der Waals surface area contributed by atoms with E-state index in [0.29, 0.717) is 40.4 Å². The molecule has 0 spiro atoms. The van der Waals surface area contributed by atoms with Gasteiger partial charge in [0.2, 0.25) is 5.91 Å². The molecule has 2 heterocycles. The Morgan fingerprint density at radius 1 is 1.21 bits per heavy atom. The maximum Gasteiger partial charge on any atom is 0.408 e. The van der Waals surface area contributed by atoms with E-state index in [1.807, 2.05) is 6.92 Å². The van der Waals surface area contributed by atoms with Crippen LogP contribution < -0.4 is 5.32 Å². The van der Waals surface area contributed by atoms with Crippen molar-refractivity contribution in [3.8, 4) is 0 Å². The highest BCUT2D eigenvalue weighted by Crippen LogP contribution is 2.65. The first-order valence-electron chi connectivity index (χ1n) is 13.1. The van der Waals surface area contributed by atoms with Gasteiger partial charge in [-0.2, -0.15) is 9.78 Å². The van der Waals surface area contributed by atoms with Crippen molar-refractivity contribution in [1.29, 1.82) is 0 Å². The third-order valence-corrected chi connectivity index (χ3v) is 9.75. The zero-order chi connectivity index (χ0) is 27.7. The normalized spacial score (nSPS) is 27.2. The second-order valence-corrected chi connectivity index (χ2v) is 12.6. The Kier molecular flexibility index (Phi) is 6.26. The van der Waals surface area contributed by atoms with E-state index in [2.05, 4.69) is 15.5 Å². The summed E-state index contributed by atoms with van der Waals surface area (Å²) in [6, 6.07) is 6.32. The summed E-state index contributed by atoms with van der Waals surface area (Å²) < 4.78 is 17.7. The largest absolute Gasteiger partial charge is 0.408 e. The Hall–Kier alpha value is -2.98. The van der Waals surface area contributed by atoms with Crippen LogP contribution in [0.3, 0.4) is 0 Å². The minimum Gasteiger partial charge on any atom is -0.358 e. The average molecular weight is 575 g/mol. The van der Waals surface area contributed by atoms with Gasteiger partial charge in [-0.25, -0.2) is 4.39 Å². The van der Waals surface area contributed by atoms with Gasteiger partial charge in [0.25, 0.3) is 0 Å². The van der Waals surface area contributed by atoms with Crippen LogP contribution in [0.1, 0.15) is 61.9 Å². The van der Waals surface area contributed by atoms with Crippen molar-refractivity contribution >= 4 is 40.7 Å². The Labute approximate surface area is 234 Å². The molecule has 206 valence electrons. The lowest BCUT2D eigenvalue weighted by Crippen LogP contribution is -2.57. The Morgan fingerprint density at radius 2 is 1.92 bits per heavy atom. The number of hydrogen-bond acceptors (Lipinski definition) is 5. The summed E-state index contributed by atoms with van der Waals surface area (Å²) in [6.07, 6.45) is 5.88. The second kappa shape index (κ2) is 9.30. The minimum atomic E-state index is -0.531. The number of carbonyl (C=O) groups excluding carboxylic acids is 1. The number of nitrogens with zero attached hydrogens (tertiary/aromatic N) is 5. The molecule has 9 nitrogen and oxygen atoms in total. The molecule has 1 N–H and O–H groups in total. The van der Waals surface area contributed by atoms with Gasteiger partial charge < -0.3 is 15.4 Å². The number of benzene rings is 1. The molecule has 1 aromatic carbocycles. The molecule has 2 atom stereocenters. The third-order valence-electron chi connectivity index (χ3n) is 8.95. The van der Waals surface area contributed by atoms with Crippen molar-refractivity contribution in [2.24, 2.45) is 17.3 Å². The molecule has 4 aliphatic rings. The van der Waals surface area contributed by atoms with Crippen molar-refractivity contribution in [3.63, 3.8) is 0 Å². The molecule has 0 radical (unpaired) electrons. The molecule has 12 heteroatoms. The first kappa shape index (κ1) is 26.3. The number of anilines is 1. The maximum absolute atomic E-state index is 14.3. The molecule has 4 aliphatic carbocycles. The summed E-state index contributed by atoms with van der Waals surface area (Å²) in [4.78, 5) is 24.4. The van der Waals surface area contributed by atoms with Crippen molar-refractivity contribution in [2.75, 3.05) is 5.32 Å². The van der Waals surface area contributed by atoms with Crippen molar-refractivity contribution in [2.45, 2.75) is 70.9 Å². The van der Waals surface area contributed by atoms with E-state index in [-0.39, 0.29) is 34.2 Å². The summed E-state index contributed by atoms with van der Waals surface area (Å²) in [6.45, 7) is 3.78. The van der Waals surface area contributed by atoms with E-state index in [4.69, 9.17) is 23.2 Å². The molecular weight excluding hydrogens is 546 g/mol. The quantitative estimate of drug-likeness (QED) is 0.258. The Morgan fingerprint density at radius 3 is 2.56 bits per heavy atom. The fraction of sp³-hybridized carbons (Fsp3) is 0.519. The van der Waals surface area contributed by atoms with Gasteiger partial charge in [-0.15, -0.1) is 0 Å². The zero-order valence-electron chi connectivity index (χ0n) is 21.7. The van der Waals surface area contributed by atoms with Crippen LogP contribution in [-0.2, 0) is 16.9 Å². The molecule has 4 saturated carbocycles. The second-order valence-electron chi connectivity index (χ2n) is 11.8. The summed E-state index contributed by atoms with van der Waals surface area (Å²) in [7, 11) is 0. The molecule has 2 unspecified atom stereocenters. The van der Waals surface area contributed by atoms with Crippen molar-refractivity contribution in [1.82, 2.24) is 19.6 Å². The standard InChI is InChI=1S/C27H29Cl2FN6O3/c1-15-6-22(32-34(15)13-19-20(28)4-3-5-21(19)30)31-23(37)12-26-8-17-7-18(9-26)11-27(10-17,14-26)35-16(2)24(29)25(33-35)36(38)39/h3-6,17-18H,7-14H2,1-2H3,(H,31,32,37). The molecule has 0 aliphatic heterocycles. The minimum absolute atomic E-state index is 0.0881. The number of nitrogens with one attached hydrogen (secondary N) is 1. The van der Waals surface area contributed by atoms with E-state index < -0.39 is 10.7 Å². The summed E-state index contributed by atoms with van der Waals surface area (Å²) >= 11 is 12.5. The number of aromatic nitrogens is 4. The number of aryl methyl sites for hydroxylation is 1. The van der Waals surface area contributed by atoms with Gasteiger partial charge in [0.15, 0.2) is 10.8 Å². The fourth-order valence-corrected chi connectivity index (χ4v) is 8.41. The molecule has 2 aromatic heterocycles. The van der Waals surface area contributed by atoms with E-state index in [9.17, 15) is 19.3 Å². The zero-order valence-corrected chi connectivity index (χ0v) is 23.2. The lowest BCUT2D eigenvalue weighted by molar-refractivity contribution is -0.389. The van der Waals surface area contributed by atoms with Crippen LogP contribution >= 0.6 is 23.2 Å². The number of amides is 1. The highest BCUT2D eigenvalue weighted by atomic mass is 35.5. The molecule has 3 aromatic rings. The van der Waals surface area contributed by atoms with Crippen LogP contribution in [0.25, 0.3) is 0 Å². The average Bonchev–Trinajstić information content (AvgIpc) is 3.33. The van der Waals surface area contributed by atoms with Gasteiger partial charge in [0, 0.05) is 28.8 Å². The van der Waals surface area contributed by atoms with Crippen LogP contribution in [0, 0.1) is 47.0 Å². The topological polar surface area (TPSA) is 108 Å². The molecule has 4 bridgehead atoms. The van der Waals surface area contributed by atoms with Crippen LogP contribution in [0.4, 0.5) is 16.0 Å². The van der Waals surface area contributed by atoms with Crippen LogP contribution in [0.15, 0.2) is 24.3 Å². The van der Waals surface area contributed by atoms with E-state index >= 15 is 0 Å². The maximum atomic E-state index is 14.3. The Bertz CT molecular complexity index is 1470. The molecule has 39 heavy (non-hydrogen) atoms. The SMILES string of the molecule is Cc1cc(NC(=O)CC23CC4CC(C2)CC(n2nc([N+](=O)[O-])c(Cl)c2C)(C4)C3)nn1Cc1c(F)cccc1Cl. The van der Waals surface area contributed by atoms with Crippen molar-refractivity contribution in [3.05, 3.63) is 67.2 Å². The monoisotopic (exact) mass is 574 g/mol. The number of halogens is 3. The third kappa shape index (κ3) is 4.51. The lowest BCUT2D eigenvalue weighted by Gasteiger charge is -2.61. The molecular formula is C27H29Cl2FN6O3. The van der Waals surface area contributed by atoms with E-state index in [1.54, 1.807) is 34.5 Å². The summed E-state index contributed by atoms with van der Waals surface area (Å²) in [5.74, 6) is 0.452. The van der Waals surface area contributed by atoms with Crippen LogP contribution in [0.2, 0.25) is 10.0 Å². The smallest absolute Gasteiger partial charge is 0.358 e. The van der Waals surface area contributed by atoms with Gasteiger partial charge in [0.1, 0.15) is 5.82 Å². The first-order valence-corrected chi connectivity index (χ1v) is 13.9. The van der Waals surface area contributed by atoms with Gasteiger partial charge in [0.05, 0.1) is 22.9 Å². The number of nitro groups is 1. The van der Waals surface area contributed by atoms with E-state index in [0.717, 1.165) is 44.2 Å². The highest BCUT2D eigenvalue weighted by molar-refractivity contribution is 6.33. The van der Waals surface area contributed by atoms with Crippen LogP contribution in [0.5, 0.6) is 0 Å².